The molecular formula is C19H24N2. The van der Waals surface area contributed by atoms with E-state index >= 15 is 0 Å². The van der Waals surface area contributed by atoms with Crippen molar-refractivity contribution in [3.63, 3.8) is 0 Å². The predicted octanol–water partition coefficient (Wildman–Crippen LogP) is 3.54. The van der Waals surface area contributed by atoms with Crippen molar-refractivity contribution in [2.24, 2.45) is 5.84 Å². The van der Waals surface area contributed by atoms with Gasteiger partial charge in [-0.1, -0.05) is 47.5 Å². The topological polar surface area (TPSA) is 38.0 Å². The maximum Gasteiger partial charge on any atom is 0.0500 e. The van der Waals surface area contributed by atoms with Crippen molar-refractivity contribution < 1.29 is 0 Å². The van der Waals surface area contributed by atoms with Crippen LogP contribution in [0, 0.1) is 13.8 Å². The second kappa shape index (κ2) is 6.00. The molecule has 0 bridgehead atoms. The number of hydrogen-bond acceptors (Lipinski definition) is 2. The zero-order valence-electron chi connectivity index (χ0n) is 12.9. The summed E-state index contributed by atoms with van der Waals surface area (Å²) < 4.78 is 0. The van der Waals surface area contributed by atoms with Gasteiger partial charge in [0.2, 0.25) is 0 Å². The van der Waals surface area contributed by atoms with E-state index in [-0.39, 0.29) is 6.04 Å². The number of benzene rings is 2. The van der Waals surface area contributed by atoms with Crippen LogP contribution in [0.5, 0.6) is 0 Å². The van der Waals surface area contributed by atoms with Crippen LogP contribution >= 0.6 is 0 Å². The first kappa shape index (κ1) is 14.3. The van der Waals surface area contributed by atoms with Gasteiger partial charge in [0.25, 0.3) is 0 Å². The third-order valence-electron chi connectivity index (χ3n) is 4.45. The molecule has 0 saturated heterocycles. The van der Waals surface area contributed by atoms with Gasteiger partial charge >= 0.3 is 0 Å². The second-order valence-electron chi connectivity index (χ2n) is 6.30. The van der Waals surface area contributed by atoms with E-state index in [1.54, 1.807) is 0 Å². The van der Waals surface area contributed by atoms with Gasteiger partial charge in [-0.3, -0.25) is 11.3 Å². The Morgan fingerprint density at radius 1 is 1.00 bits per heavy atom. The summed E-state index contributed by atoms with van der Waals surface area (Å²) >= 11 is 0. The van der Waals surface area contributed by atoms with Crippen LogP contribution in [0.15, 0.2) is 36.4 Å². The van der Waals surface area contributed by atoms with Crippen LogP contribution in [0.2, 0.25) is 0 Å². The molecule has 0 heterocycles. The number of aryl methyl sites for hydroxylation is 4. The molecule has 1 aliphatic carbocycles. The fourth-order valence-corrected chi connectivity index (χ4v) is 3.47. The molecule has 2 aromatic carbocycles. The zero-order valence-corrected chi connectivity index (χ0v) is 12.9. The van der Waals surface area contributed by atoms with E-state index in [1.807, 2.05) is 0 Å². The lowest BCUT2D eigenvalue weighted by molar-refractivity contribution is 0.551. The minimum atomic E-state index is 0.169. The summed E-state index contributed by atoms with van der Waals surface area (Å²) in [5.74, 6) is 5.82. The van der Waals surface area contributed by atoms with Gasteiger partial charge in [-0.05, 0) is 61.8 Å². The lowest BCUT2D eigenvalue weighted by Crippen LogP contribution is -2.29. The van der Waals surface area contributed by atoms with Gasteiger partial charge in [0, 0.05) is 6.04 Å². The predicted molar refractivity (Wildman–Crippen MR) is 88.2 cm³/mol. The van der Waals surface area contributed by atoms with Crippen molar-refractivity contribution in [3.8, 4) is 0 Å². The van der Waals surface area contributed by atoms with E-state index in [0.29, 0.717) is 0 Å². The Hall–Kier alpha value is -1.64. The summed E-state index contributed by atoms with van der Waals surface area (Å²) in [7, 11) is 0. The van der Waals surface area contributed by atoms with E-state index in [1.165, 1.54) is 52.6 Å². The maximum atomic E-state index is 5.82. The van der Waals surface area contributed by atoms with Gasteiger partial charge < -0.3 is 0 Å². The quantitative estimate of drug-likeness (QED) is 0.664. The molecule has 2 aromatic rings. The van der Waals surface area contributed by atoms with Gasteiger partial charge in [0.05, 0.1) is 0 Å². The van der Waals surface area contributed by atoms with Crippen molar-refractivity contribution in [1.29, 1.82) is 0 Å². The van der Waals surface area contributed by atoms with Crippen molar-refractivity contribution >= 4 is 0 Å². The summed E-state index contributed by atoms with van der Waals surface area (Å²) in [5.41, 5.74) is 11.3. The monoisotopic (exact) mass is 280 g/mol. The van der Waals surface area contributed by atoms with Crippen LogP contribution in [0.4, 0.5) is 0 Å². The minimum absolute atomic E-state index is 0.169. The van der Waals surface area contributed by atoms with Crippen LogP contribution in [-0.2, 0) is 19.3 Å². The highest BCUT2D eigenvalue weighted by Gasteiger charge is 2.15. The van der Waals surface area contributed by atoms with Crippen LogP contribution in [0.3, 0.4) is 0 Å². The minimum Gasteiger partial charge on any atom is -0.271 e. The van der Waals surface area contributed by atoms with Crippen molar-refractivity contribution in [2.45, 2.75) is 45.6 Å². The first-order chi connectivity index (χ1) is 10.2. The van der Waals surface area contributed by atoms with Crippen molar-refractivity contribution in [2.75, 3.05) is 0 Å². The molecule has 0 aromatic heterocycles. The summed E-state index contributed by atoms with van der Waals surface area (Å²) in [4.78, 5) is 0. The normalized spacial score (nSPS) is 15.0. The van der Waals surface area contributed by atoms with E-state index in [9.17, 15) is 0 Å². The van der Waals surface area contributed by atoms with E-state index in [0.717, 1.165) is 6.42 Å². The zero-order chi connectivity index (χ0) is 14.8. The molecule has 3 N–H and O–H groups in total. The van der Waals surface area contributed by atoms with Gasteiger partial charge in [0.15, 0.2) is 0 Å². The first-order valence-corrected chi connectivity index (χ1v) is 7.81. The molecule has 0 amide bonds. The SMILES string of the molecule is Cc1cc(C)cc(C(Cc2ccc3c(c2)CCC3)NN)c1. The molecule has 2 nitrogen and oxygen atoms in total. The third kappa shape index (κ3) is 3.17. The standard InChI is InChI=1S/C19H24N2/c1-13-8-14(2)10-18(9-13)19(21-20)12-15-6-7-16-4-3-5-17(16)11-15/h6-11,19,21H,3-5,12,20H2,1-2H3. The molecule has 0 aliphatic heterocycles. The van der Waals surface area contributed by atoms with Gasteiger partial charge in [-0.15, -0.1) is 0 Å². The number of hydrazine groups is 1. The number of nitrogens with two attached hydrogens (primary N) is 1. The van der Waals surface area contributed by atoms with Gasteiger partial charge in [0.1, 0.15) is 0 Å². The molecule has 0 radical (unpaired) electrons. The van der Waals surface area contributed by atoms with Crippen molar-refractivity contribution in [3.05, 3.63) is 69.8 Å². The number of nitrogens with one attached hydrogen (secondary N) is 1. The average molecular weight is 280 g/mol. The number of rotatable bonds is 4. The van der Waals surface area contributed by atoms with Crippen LogP contribution in [0.1, 0.15) is 45.8 Å². The lowest BCUT2D eigenvalue weighted by Gasteiger charge is -2.18. The maximum absolute atomic E-state index is 5.82. The lowest BCUT2D eigenvalue weighted by atomic mass is 9.95. The molecule has 0 spiro atoms. The highest BCUT2D eigenvalue weighted by Crippen LogP contribution is 2.26. The van der Waals surface area contributed by atoms with Crippen LogP contribution in [-0.4, -0.2) is 0 Å². The molecule has 21 heavy (non-hydrogen) atoms. The van der Waals surface area contributed by atoms with Crippen LogP contribution < -0.4 is 11.3 Å². The van der Waals surface area contributed by atoms with Gasteiger partial charge in [-0.25, -0.2) is 0 Å². The van der Waals surface area contributed by atoms with E-state index in [2.05, 4.69) is 55.7 Å². The molecule has 0 fully saturated rings. The average Bonchev–Trinajstić information content (AvgIpc) is 2.91. The Labute approximate surface area is 127 Å². The van der Waals surface area contributed by atoms with Gasteiger partial charge in [-0.2, -0.15) is 0 Å². The second-order valence-corrected chi connectivity index (χ2v) is 6.30. The molecule has 0 saturated carbocycles. The Kier molecular flexibility index (Phi) is 4.09. The Bertz CT molecular complexity index is 626. The van der Waals surface area contributed by atoms with E-state index in [4.69, 9.17) is 5.84 Å². The number of hydrogen-bond donors (Lipinski definition) is 2. The molecule has 1 atom stereocenters. The van der Waals surface area contributed by atoms with Crippen LogP contribution in [0.25, 0.3) is 0 Å². The third-order valence-corrected chi connectivity index (χ3v) is 4.45. The smallest absolute Gasteiger partial charge is 0.0500 e. The summed E-state index contributed by atoms with van der Waals surface area (Å²) in [6, 6.07) is 13.8. The van der Waals surface area contributed by atoms with Crippen molar-refractivity contribution in [1.82, 2.24) is 5.43 Å². The summed E-state index contributed by atoms with van der Waals surface area (Å²) in [6.07, 6.45) is 4.71. The first-order valence-electron chi connectivity index (χ1n) is 7.81. The molecule has 1 unspecified atom stereocenters. The molecule has 3 rings (SSSR count). The summed E-state index contributed by atoms with van der Waals surface area (Å²) in [5, 5.41) is 0. The molecule has 2 heteroatoms. The number of fused-ring (bicyclic) bond motifs is 1. The Morgan fingerprint density at radius 3 is 2.43 bits per heavy atom. The summed E-state index contributed by atoms with van der Waals surface area (Å²) in [6.45, 7) is 4.28. The highest BCUT2D eigenvalue weighted by molar-refractivity contribution is 5.37. The Morgan fingerprint density at radius 2 is 1.71 bits per heavy atom. The van der Waals surface area contributed by atoms with E-state index < -0.39 is 0 Å². The highest BCUT2D eigenvalue weighted by atomic mass is 15.2. The largest absolute Gasteiger partial charge is 0.271 e. The molecular weight excluding hydrogens is 256 g/mol. The molecule has 110 valence electrons. The fraction of sp³-hybridized carbons (Fsp3) is 0.368. The fourth-order valence-electron chi connectivity index (χ4n) is 3.47. The molecule has 1 aliphatic rings. The Balaban J connectivity index is 1.84.